The van der Waals surface area contributed by atoms with Crippen molar-refractivity contribution in [1.29, 1.82) is 0 Å². The predicted octanol–water partition coefficient (Wildman–Crippen LogP) is 2.29. The minimum atomic E-state index is -0.341. The first-order valence-corrected chi connectivity index (χ1v) is 9.52. The average Bonchev–Trinajstić information content (AvgIpc) is 3.04. The highest BCUT2D eigenvalue weighted by Crippen LogP contribution is 2.55. The molecule has 0 aromatic heterocycles. The molecule has 5 rings (SSSR count). The third kappa shape index (κ3) is 2.31. The van der Waals surface area contributed by atoms with Crippen LogP contribution in [-0.4, -0.2) is 53.6 Å². The number of ether oxygens (including phenoxy) is 4. The lowest BCUT2D eigenvalue weighted by Gasteiger charge is -2.44. The molecule has 0 aromatic carbocycles. The number of rotatable bonds is 2. The second kappa shape index (κ2) is 5.40. The van der Waals surface area contributed by atoms with Crippen LogP contribution in [0.2, 0.25) is 0 Å². The molecule has 0 radical (unpaired) electrons. The minimum absolute atomic E-state index is 0.0872. The Hall–Kier alpha value is -0.200. The summed E-state index contributed by atoms with van der Waals surface area (Å²) in [4.78, 5) is 0. The molecule has 2 aliphatic carbocycles. The van der Waals surface area contributed by atoms with Crippen LogP contribution in [0.5, 0.6) is 0 Å². The summed E-state index contributed by atoms with van der Waals surface area (Å²) in [5, 5.41) is 9.24. The van der Waals surface area contributed by atoms with Crippen LogP contribution >= 0.6 is 0 Å². The SMILES string of the molecule is OCCC1CC[C@@H]2OC3CC2(C[C@H]2OC4(CCCCC4)O[C@@H]32)O1. The number of hydrogen-bond acceptors (Lipinski definition) is 5. The van der Waals surface area contributed by atoms with E-state index in [2.05, 4.69) is 0 Å². The van der Waals surface area contributed by atoms with E-state index >= 15 is 0 Å². The fraction of sp³-hybridized carbons (Fsp3) is 1.00. The first-order valence-electron chi connectivity index (χ1n) is 9.52. The topological polar surface area (TPSA) is 57.2 Å². The second-order valence-corrected chi connectivity index (χ2v) is 8.18. The molecule has 2 bridgehead atoms. The van der Waals surface area contributed by atoms with Crippen molar-refractivity contribution in [3.05, 3.63) is 0 Å². The molecular weight excluding hydrogens is 296 g/mol. The Balaban J connectivity index is 1.36. The molecule has 130 valence electrons. The molecule has 3 saturated heterocycles. The van der Waals surface area contributed by atoms with Gasteiger partial charge in [0.15, 0.2) is 5.79 Å². The Kier molecular flexibility index (Phi) is 3.54. The monoisotopic (exact) mass is 324 g/mol. The molecule has 5 fully saturated rings. The molecule has 5 heteroatoms. The molecule has 3 aliphatic heterocycles. The summed E-state index contributed by atoms with van der Waals surface area (Å²) < 4.78 is 25.8. The van der Waals surface area contributed by atoms with Crippen LogP contribution in [-0.2, 0) is 18.9 Å². The summed E-state index contributed by atoms with van der Waals surface area (Å²) in [5.74, 6) is -0.341. The lowest BCUT2D eigenvalue weighted by molar-refractivity contribution is -0.216. The van der Waals surface area contributed by atoms with Crippen molar-refractivity contribution in [2.24, 2.45) is 0 Å². The van der Waals surface area contributed by atoms with Crippen LogP contribution in [0.3, 0.4) is 0 Å². The van der Waals surface area contributed by atoms with Gasteiger partial charge in [-0.2, -0.15) is 0 Å². The van der Waals surface area contributed by atoms with Crippen LogP contribution in [0.15, 0.2) is 0 Å². The summed E-state index contributed by atoms with van der Waals surface area (Å²) >= 11 is 0. The molecule has 0 aromatic rings. The first kappa shape index (κ1) is 15.1. The van der Waals surface area contributed by atoms with E-state index in [9.17, 15) is 5.11 Å². The molecule has 0 amide bonds. The van der Waals surface area contributed by atoms with Crippen molar-refractivity contribution in [2.75, 3.05) is 6.61 Å². The zero-order valence-corrected chi connectivity index (χ0v) is 13.7. The molecule has 6 atom stereocenters. The van der Waals surface area contributed by atoms with E-state index in [1.807, 2.05) is 0 Å². The van der Waals surface area contributed by atoms with Crippen LogP contribution < -0.4 is 0 Å². The van der Waals surface area contributed by atoms with Gasteiger partial charge in [-0.1, -0.05) is 6.42 Å². The van der Waals surface area contributed by atoms with E-state index in [-0.39, 0.29) is 48.5 Å². The van der Waals surface area contributed by atoms with Crippen LogP contribution in [0.4, 0.5) is 0 Å². The summed E-state index contributed by atoms with van der Waals surface area (Å²) in [6.07, 6.45) is 11.0. The molecule has 2 saturated carbocycles. The van der Waals surface area contributed by atoms with Gasteiger partial charge in [0.1, 0.15) is 6.10 Å². The van der Waals surface area contributed by atoms with E-state index < -0.39 is 0 Å². The zero-order chi connectivity index (χ0) is 15.5. The Labute approximate surface area is 137 Å². The highest BCUT2D eigenvalue weighted by molar-refractivity contribution is 5.12. The number of aliphatic hydroxyl groups is 1. The van der Waals surface area contributed by atoms with Crippen LogP contribution in [0, 0.1) is 0 Å². The zero-order valence-electron chi connectivity index (χ0n) is 13.7. The highest BCUT2D eigenvalue weighted by Gasteiger charge is 2.65. The Morgan fingerprint density at radius 3 is 2.57 bits per heavy atom. The summed E-state index contributed by atoms with van der Waals surface area (Å²) in [6, 6.07) is 0. The fourth-order valence-corrected chi connectivity index (χ4v) is 5.68. The molecule has 3 heterocycles. The third-order valence-electron chi connectivity index (χ3n) is 6.69. The molecule has 5 aliphatic rings. The Morgan fingerprint density at radius 1 is 0.913 bits per heavy atom. The maximum atomic E-state index is 9.24. The molecule has 3 unspecified atom stereocenters. The minimum Gasteiger partial charge on any atom is -0.396 e. The van der Waals surface area contributed by atoms with Gasteiger partial charge in [0.25, 0.3) is 0 Å². The van der Waals surface area contributed by atoms with Gasteiger partial charge < -0.3 is 24.1 Å². The summed E-state index contributed by atoms with van der Waals surface area (Å²) in [6.45, 7) is 0.199. The van der Waals surface area contributed by atoms with Gasteiger partial charge in [0, 0.05) is 32.3 Å². The molecule has 2 spiro atoms. The Bertz CT molecular complexity index is 462. The fourth-order valence-electron chi connectivity index (χ4n) is 5.68. The molecule has 23 heavy (non-hydrogen) atoms. The van der Waals surface area contributed by atoms with Crippen molar-refractivity contribution in [1.82, 2.24) is 0 Å². The quantitative estimate of drug-likeness (QED) is 0.844. The lowest BCUT2D eigenvalue weighted by atomic mass is 9.76. The van der Waals surface area contributed by atoms with Gasteiger partial charge in [0.2, 0.25) is 0 Å². The molecule has 5 nitrogen and oxygen atoms in total. The van der Waals surface area contributed by atoms with Crippen LogP contribution in [0.1, 0.15) is 64.2 Å². The van der Waals surface area contributed by atoms with E-state index in [0.29, 0.717) is 0 Å². The van der Waals surface area contributed by atoms with E-state index in [1.165, 1.54) is 19.3 Å². The van der Waals surface area contributed by atoms with E-state index in [4.69, 9.17) is 18.9 Å². The van der Waals surface area contributed by atoms with Gasteiger partial charge in [-0.05, 0) is 32.1 Å². The van der Waals surface area contributed by atoms with Crippen molar-refractivity contribution < 1.29 is 24.1 Å². The molecule has 1 N–H and O–H groups in total. The van der Waals surface area contributed by atoms with E-state index in [1.54, 1.807) is 0 Å². The van der Waals surface area contributed by atoms with Crippen molar-refractivity contribution in [3.8, 4) is 0 Å². The van der Waals surface area contributed by atoms with Gasteiger partial charge in [-0.3, -0.25) is 0 Å². The van der Waals surface area contributed by atoms with Crippen molar-refractivity contribution in [2.45, 2.75) is 106 Å². The third-order valence-corrected chi connectivity index (χ3v) is 6.69. The summed E-state index contributed by atoms with van der Waals surface area (Å²) in [7, 11) is 0. The van der Waals surface area contributed by atoms with Gasteiger partial charge >= 0.3 is 0 Å². The number of aliphatic hydroxyl groups excluding tert-OH is 1. The van der Waals surface area contributed by atoms with Gasteiger partial charge in [-0.15, -0.1) is 0 Å². The lowest BCUT2D eigenvalue weighted by Crippen LogP contribution is -2.53. The van der Waals surface area contributed by atoms with Gasteiger partial charge in [-0.25, -0.2) is 0 Å². The Morgan fingerprint density at radius 2 is 1.74 bits per heavy atom. The maximum absolute atomic E-state index is 9.24. The normalized spacial score (nSPS) is 50.7. The molecular formula is C18H28O5. The summed E-state index contributed by atoms with van der Waals surface area (Å²) in [5.41, 5.74) is -0.201. The maximum Gasteiger partial charge on any atom is 0.169 e. The van der Waals surface area contributed by atoms with Crippen molar-refractivity contribution in [3.63, 3.8) is 0 Å². The average molecular weight is 324 g/mol. The predicted molar refractivity (Wildman–Crippen MR) is 82.0 cm³/mol. The smallest absolute Gasteiger partial charge is 0.169 e. The van der Waals surface area contributed by atoms with E-state index in [0.717, 1.165) is 44.9 Å². The largest absolute Gasteiger partial charge is 0.396 e. The highest BCUT2D eigenvalue weighted by atomic mass is 16.8. The van der Waals surface area contributed by atoms with Crippen molar-refractivity contribution >= 4 is 0 Å². The number of fused-ring (bicyclic) bond motifs is 3. The van der Waals surface area contributed by atoms with Gasteiger partial charge in [0.05, 0.1) is 30.0 Å². The second-order valence-electron chi connectivity index (χ2n) is 8.18. The van der Waals surface area contributed by atoms with Crippen LogP contribution in [0.25, 0.3) is 0 Å². The first-order chi connectivity index (χ1) is 11.2. The number of hydrogen-bond donors (Lipinski definition) is 1. The standard InChI is InChI=1S/C18H28O5/c19-9-6-12-4-5-15-17(21-12)10-13(20-15)16-14(11-17)22-18(23-16)7-2-1-3-8-18/h12-16,19H,1-11H2/t12?,13?,14-,15+,16+,17?/m1/s1.